The molecule has 3 aliphatic rings. The topological polar surface area (TPSA) is 34.1 Å². The first kappa shape index (κ1) is 15.3. The number of hydrogen-bond donors (Lipinski definition) is 0. The summed E-state index contributed by atoms with van der Waals surface area (Å²) in [5, 5.41) is 0. The van der Waals surface area contributed by atoms with Crippen LogP contribution in [0, 0.1) is 17.3 Å². The molecule has 0 unspecified atom stereocenters. The first-order valence-corrected chi connectivity index (χ1v) is 7.57. The summed E-state index contributed by atoms with van der Waals surface area (Å²) in [6, 6.07) is 7.91. The van der Waals surface area contributed by atoms with E-state index in [-0.39, 0.29) is 17.9 Å². The molecular weight excluding hydrogens is 293 g/mol. The minimum Gasteiger partial charge on any atom is -0.293 e. The van der Waals surface area contributed by atoms with Gasteiger partial charge in [-0.2, -0.15) is 13.2 Å². The minimum atomic E-state index is -4.97. The van der Waals surface area contributed by atoms with Crippen LogP contribution in [0.5, 0.6) is 0 Å². The van der Waals surface area contributed by atoms with Crippen LogP contribution in [0.25, 0.3) is 0 Å². The number of hydrogen-bond acceptors (Lipinski definition) is 2. The molecule has 22 heavy (non-hydrogen) atoms. The van der Waals surface area contributed by atoms with E-state index < -0.39 is 29.1 Å². The summed E-state index contributed by atoms with van der Waals surface area (Å²) in [7, 11) is 0. The fourth-order valence-corrected chi connectivity index (χ4v) is 4.24. The maximum atomic E-state index is 13.2. The van der Waals surface area contributed by atoms with Crippen molar-refractivity contribution in [3.8, 4) is 0 Å². The number of Topliss-reactive ketones (excluding diaryl/α,β-unsaturated/α-hetero) is 2. The van der Waals surface area contributed by atoms with Gasteiger partial charge in [0.1, 0.15) is 5.41 Å². The molecule has 4 rings (SSSR count). The number of halogens is 3. The summed E-state index contributed by atoms with van der Waals surface area (Å²) in [6.07, 6.45) is -2.22. The zero-order chi connectivity index (χ0) is 16.0. The molecule has 3 fully saturated rings. The maximum Gasteiger partial charge on any atom is 0.451 e. The molecule has 0 N–H and O–H groups in total. The Bertz CT molecular complexity index is 586. The van der Waals surface area contributed by atoms with Crippen molar-refractivity contribution in [1.82, 2.24) is 0 Å². The molecule has 1 aromatic carbocycles. The van der Waals surface area contributed by atoms with Crippen molar-refractivity contribution in [3.63, 3.8) is 0 Å². The average molecular weight is 310 g/mol. The maximum absolute atomic E-state index is 13.2. The molecular formula is C17H17F3O2. The molecule has 0 aliphatic heterocycles. The molecule has 0 saturated heterocycles. The lowest BCUT2D eigenvalue weighted by Gasteiger charge is -2.49. The molecule has 0 radical (unpaired) electrons. The van der Waals surface area contributed by atoms with Crippen LogP contribution in [0.1, 0.15) is 42.5 Å². The summed E-state index contributed by atoms with van der Waals surface area (Å²) in [6.45, 7) is 0. The van der Waals surface area contributed by atoms with Crippen molar-refractivity contribution < 1.29 is 22.8 Å². The summed E-state index contributed by atoms with van der Waals surface area (Å²) < 4.78 is 39.5. The number of alkyl halides is 3. The van der Waals surface area contributed by atoms with Crippen LogP contribution < -0.4 is 0 Å². The highest BCUT2D eigenvalue weighted by atomic mass is 19.4. The number of carbonyl (C=O) groups excluding carboxylic acids is 2. The molecule has 2 nitrogen and oxygen atoms in total. The Morgan fingerprint density at radius 2 is 1.59 bits per heavy atom. The van der Waals surface area contributed by atoms with Crippen LogP contribution in [0.3, 0.4) is 0 Å². The van der Waals surface area contributed by atoms with Crippen LogP contribution in [-0.2, 0) is 4.79 Å². The zero-order valence-corrected chi connectivity index (χ0v) is 12.0. The van der Waals surface area contributed by atoms with Crippen LogP contribution >= 0.6 is 0 Å². The first-order valence-electron chi connectivity index (χ1n) is 7.57. The molecule has 0 heterocycles. The van der Waals surface area contributed by atoms with Crippen molar-refractivity contribution in [2.24, 2.45) is 17.3 Å². The van der Waals surface area contributed by atoms with Gasteiger partial charge < -0.3 is 0 Å². The number of benzene rings is 1. The zero-order valence-electron chi connectivity index (χ0n) is 12.0. The Morgan fingerprint density at radius 3 is 2.05 bits per heavy atom. The van der Waals surface area contributed by atoms with Gasteiger partial charge in [0.05, 0.1) is 0 Å². The second-order valence-corrected chi connectivity index (χ2v) is 6.42. The lowest BCUT2D eigenvalue weighted by molar-refractivity contribution is -0.187. The van der Waals surface area contributed by atoms with Crippen molar-refractivity contribution in [1.29, 1.82) is 0 Å². The third kappa shape index (κ3) is 2.27. The van der Waals surface area contributed by atoms with Crippen molar-refractivity contribution in [2.75, 3.05) is 0 Å². The van der Waals surface area contributed by atoms with Gasteiger partial charge in [-0.3, -0.25) is 9.59 Å². The highest BCUT2D eigenvalue weighted by molar-refractivity contribution is 6.16. The van der Waals surface area contributed by atoms with Crippen LogP contribution in [0.2, 0.25) is 0 Å². The SMILES string of the molecule is O=C(c1ccccc1)[C@]1(C(=O)C(F)(F)F)CC2CCC1CC2. The van der Waals surface area contributed by atoms with E-state index in [2.05, 4.69) is 0 Å². The second kappa shape index (κ2) is 5.21. The monoisotopic (exact) mass is 310 g/mol. The Balaban J connectivity index is 2.08. The van der Waals surface area contributed by atoms with Gasteiger partial charge >= 0.3 is 6.18 Å². The Labute approximate surface area is 126 Å². The van der Waals surface area contributed by atoms with Gasteiger partial charge in [-0.15, -0.1) is 0 Å². The number of rotatable bonds is 3. The molecule has 0 spiro atoms. The van der Waals surface area contributed by atoms with E-state index in [0.29, 0.717) is 12.8 Å². The van der Waals surface area contributed by atoms with E-state index in [1.165, 1.54) is 12.1 Å². The van der Waals surface area contributed by atoms with Crippen LogP contribution in [-0.4, -0.2) is 17.7 Å². The fraction of sp³-hybridized carbons (Fsp3) is 0.529. The van der Waals surface area contributed by atoms with Crippen molar-refractivity contribution in [3.05, 3.63) is 35.9 Å². The van der Waals surface area contributed by atoms with Gasteiger partial charge in [-0.05, 0) is 31.1 Å². The Hall–Kier alpha value is -1.65. The van der Waals surface area contributed by atoms with Gasteiger partial charge in [0.15, 0.2) is 5.78 Å². The van der Waals surface area contributed by atoms with Crippen molar-refractivity contribution >= 4 is 11.6 Å². The standard InChI is InChI=1S/C17H17F3O2/c18-17(19,20)15(22)16(10-11-6-8-13(16)9-7-11)14(21)12-4-2-1-3-5-12/h1-5,11,13H,6-10H2/t11?,13?,16-/m0/s1. The smallest absolute Gasteiger partial charge is 0.293 e. The molecule has 118 valence electrons. The van der Waals surface area contributed by atoms with E-state index in [4.69, 9.17) is 0 Å². The highest BCUT2D eigenvalue weighted by Crippen LogP contribution is 2.56. The second-order valence-electron chi connectivity index (χ2n) is 6.42. The molecule has 1 aromatic rings. The van der Waals surface area contributed by atoms with E-state index in [9.17, 15) is 22.8 Å². The summed E-state index contributed by atoms with van der Waals surface area (Å²) >= 11 is 0. The molecule has 1 atom stereocenters. The van der Waals surface area contributed by atoms with E-state index in [1.807, 2.05) is 0 Å². The summed E-state index contributed by atoms with van der Waals surface area (Å²) in [5.41, 5.74) is -1.70. The van der Waals surface area contributed by atoms with Gasteiger partial charge in [0.2, 0.25) is 5.78 Å². The molecule has 2 bridgehead atoms. The predicted molar refractivity (Wildman–Crippen MR) is 74.3 cm³/mol. The van der Waals surface area contributed by atoms with Gasteiger partial charge in [-0.1, -0.05) is 43.2 Å². The molecule has 3 saturated carbocycles. The lowest BCUT2D eigenvalue weighted by Crippen LogP contribution is -2.56. The number of ketones is 2. The normalized spacial score (nSPS) is 31.0. The van der Waals surface area contributed by atoms with E-state index in [0.717, 1.165) is 12.8 Å². The van der Waals surface area contributed by atoms with Crippen LogP contribution in [0.15, 0.2) is 30.3 Å². The summed E-state index contributed by atoms with van der Waals surface area (Å²) in [4.78, 5) is 25.1. The molecule has 0 amide bonds. The third-order valence-electron chi connectivity index (χ3n) is 5.26. The van der Waals surface area contributed by atoms with Gasteiger partial charge in [0.25, 0.3) is 0 Å². The summed E-state index contributed by atoms with van der Waals surface area (Å²) in [5.74, 6) is -2.93. The fourth-order valence-electron chi connectivity index (χ4n) is 4.24. The Morgan fingerprint density at radius 1 is 1.00 bits per heavy atom. The van der Waals surface area contributed by atoms with E-state index in [1.54, 1.807) is 18.2 Å². The number of fused-ring (bicyclic) bond motifs is 3. The quantitative estimate of drug-likeness (QED) is 0.619. The average Bonchev–Trinajstić information content (AvgIpc) is 2.54. The van der Waals surface area contributed by atoms with Gasteiger partial charge in [0, 0.05) is 5.56 Å². The van der Waals surface area contributed by atoms with Gasteiger partial charge in [-0.25, -0.2) is 0 Å². The lowest BCUT2D eigenvalue weighted by atomic mass is 9.52. The highest BCUT2D eigenvalue weighted by Gasteiger charge is 2.63. The predicted octanol–water partition coefficient (Wildman–Crippen LogP) is 4.20. The third-order valence-corrected chi connectivity index (χ3v) is 5.26. The Kier molecular flexibility index (Phi) is 3.62. The van der Waals surface area contributed by atoms with Crippen molar-refractivity contribution in [2.45, 2.75) is 38.3 Å². The van der Waals surface area contributed by atoms with E-state index >= 15 is 0 Å². The van der Waals surface area contributed by atoms with Crippen LogP contribution in [0.4, 0.5) is 13.2 Å². The molecule has 3 aliphatic carbocycles. The minimum absolute atomic E-state index is 0.0453. The first-order chi connectivity index (χ1) is 10.4. The largest absolute Gasteiger partial charge is 0.451 e. The molecule has 0 aromatic heterocycles. The number of carbonyl (C=O) groups is 2. The molecule has 5 heteroatoms.